The highest BCUT2D eigenvalue weighted by Gasteiger charge is 2.40. The highest BCUT2D eigenvalue weighted by atomic mass is 32.2. The molecule has 1 amide bonds. The lowest BCUT2D eigenvalue weighted by Gasteiger charge is -2.36. The third-order valence-corrected chi connectivity index (χ3v) is 6.53. The fraction of sp³-hybridized carbons (Fsp3) is 0.526. The fourth-order valence-corrected chi connectivity index (χ4v) is 5.17. The zero-order valence-electron chi connectivity index (χ0n) is 13.8. The van der Waals surface area contributed by atoms with Crippen molar-refractivity contribution >= 4 is 23.2 Å². The van der Waals surface area contributed by atoms with E-state index in [0.29, 0.717) is 12.3 Å². The molecule has 0 saturated carbocycles. The van der Waals surface area contributed by atoms with Crippen LogP contribution in [0.3, 0.4) is 0 Å². The van der Waals surface area contributed by atoms with Crippen molar-refractivity contribution in [2.45, 2.75) is 44.8 Å². The Hall–Kier alpha value is -1.22. The molecule has 0 radical (unpaired) electrons. The molecule has 0 spiro atoms. The van der Waals surface area contributed by atoms with Crippen molar-refractivity contribution in [2.75, 3.05) is 18.8 Å². The quantitative estimate of drug-likeness (QED) is 0.832. The first kappa shape index (κ1) is 15.7. The molecule has 2 aliphatic rings. The van der Waals surface area contributed by atoms with Gasteiger partial charge >= 0.3 is 0 Å². The minimum atomic E-state index is -0.0354. The zero-order valence-corrected chi connectivity index (χ0v) is 14.6. The second-order valence-corrected chi connectivity index (χ2v) is 7.96. The van der Waals surface area contributed by atoms with Gasteiger partial charge in [0, 0.05) is 24.3 Å². The molecular formula is C19H25NOS. The molecule has 1 atom stereocenters. The monoisotopic (exact) mass is 315 g/mol. The lowest BCUT2D eigenvalue weighted by atomic mass is 9.90. The van der Waals surface area contributed by atoms with E-state index in [9.17, 15) is 4.79 Å². The Kier molecular flexibility index (Phi) is 4.35. The molecule has 118 valence electrons. The Bertz CT molecular complexity index is 618. The van der Waals surface area contributed by atoms with Gasteiger partial charge in [0.15, 0.2) is 0 Å². The maximum absolute atomic E-state index is 12.6. The van der Waals surface area contributed by atoms with E-state index in [4.69, 9.17) is 0 Å². The first-order valence-corrected chi connectivity index (χ1v) is 9.30. The van der Waals surface area contributed by atoms with Crippen molar-refractivity contribution in [3.8, 4) is 0 Å². The van der Waals surface area contributed by atoms with E-state index >= 15 is 0 Å². The number of allylic oxidation sites excluding steroid dienone is 1. The SMILES string of the molecule is CCN(CC)C(=O)CC1(C)SCCC2=C1Cc1ccccc12. The number of hydrogen-bond acceptors (Lipinski definition) is 2. The third kappa shape index (κ3) is 2.60. The van der Waals surface area contributed by atoms with E-state index in [1.165, 1.54) is 22.3 Å². The Morgan fingerprint density at radius 3 is 2.73 bits per heavy atom. The number of rotatable bonds is 4. The van der Waals surface area contributed by atoms with Crippen molar-refractivity contribution in [2.24, 2.45) is 0 Å². The number of benzene rings is 1. The Balaban J connectivity index is 1.89. The summed E-state index contributed by atoms with van der Waals surface area (Å²) in [6, 6.07) is 8.75. The molecule has 22 heavy (non-hydrogen) atoms. The fourth-order valence-electron chi connectivity index (χ4n) is 3.82. The predicted molar refractivity (Wildman–Crippen MR) is 95.1 cm³/mol. The van der Waals surface area contributed by atoms with Crippen molar-refractivity contribution < 1.29 is 4.79 Å². The maximum Gasteiger partial charge on any atom is 0.224 e. The number of carbonyl (C=O) groups excluding carboxylic acids is 1. The van der Waals surface area contributed by atoms with Gasteiger partial charge in [0.05, 0.1) is 0 Å². The number of fused-ring (bicyclic) bond motifs is 2. The van der Waals surface area contributed by atoms with Crippen LogP contribution in [-0.2, 0) is 11.2 Å². The van der Waals surface area contributed by atoms with E-state index in [2.05, 4.69) is 45.0 Å². The molecule has 0 saturated heterocycles. The van der Waals surface area contributed by atoms with Gasteiger partial charge < -0.3 is 4.90 Å². The Morgan fingerprint density at radius 2 is 2.00 bits per heavy atom. The number of hydrogen-bond donors (Lipinski definition) is 0. The van der Waals surface area contributed by atoms with Crippen LogP contribution in [0.15, 0.2) is 29.8 Å². The van der Waals surface area contributed by atoms with Crippen LogP contribution in [0.5, 0.6) is 0 Å². The van der Waals surface area contributed by atoms with Crippen molar-refractivity contribution in [3.05, 3.63) is 41.0 Å². The molecule has 1 aliphatic carbocycles. The van der Waals surface area contributed by atoms with Gasteiger partial charge in [-0.25, -0.2) is 0 Å². The van der Waals surface area contributed by atoms with Crippen LogP contribution in [0.25, 0.3) is 5.57 Å². The van der Waals surface area contributed by atoms with E-state index < -0.39 is 0 Å². The molecule has 1 heterocycles. The summed E-state index contributed by atoms with van der Waals surface area (Å²) < 4.78 is -0.0354. The van der Waals surface area contributed by atoms with Gasteiger partial charge in [0.25, 0.3) is 0 Å². The normalized spacial score (nSPS) is 23.2. The minimum Gasteiger partial charge on any atom is -0.343 e. The Morgan fingerprint density at radius 1 is 1.27 bits per heavy atom. The van der Waals surface area contributed by atoms with Gasteiger partial charge in [0.2, 0.25) is 5.91 Å². The lowest BCUT2D eigenvalue weighted by molar-refractivity contribution is -0.131. The van der Waals surface area contributed by atoms with Gasteiger partial charge in [-0.15, -0.1) is 0 Å². The number of nitrogens with zero attached hydrogens (tertiary/aromatic N) is 1. The van der Waals surface area contributed by atoms with Gasteiger partial charge in [0.1, 0.15) is 0 Å². The van der Waals surface area contributed by atoms with Crippen molar-refractivity contribution in [3.63, 3.8) is 0 Å². The van der Waals surface area contributed by atoms with Crippen LogP contribution < -0.4 is 0 Å². The smallest absolute Gasteiger partial charge is 0.224 e. The third-order valence-electron chi connectivity index (χ3n) is 5.09. The largest absolute Gasteiger partial charge is 0.343 e. The minimum absolute atomic E-state index is 0.0354. The molecule has 3 rings (SSSR count). The summed E-state index contributed by atoms with van der Waals surface area (Å²) in [7, 11) is 0. The molecule has 0 aromatic heterocycles. The van der Waals surface area contributed by atoms with Gasteiger partial charge in [-0.3, -0.25) is 4.79 Å². The molecule has 1 aliphatic heterocycles. The average molecular weight is 315 g/mol. The molecule has 0 fully saturated rings. The molecule has 1 unspecified atom stereocenters. The summed E-state index contributed by atoms with van der Waals surface area (Å²) in [5.74, 6) is 1.42. The van der Waals surface area contributed by atoms with Crippen molar-refractivity contribution in [1.82, 2.24) is 4.90 Å². The van der Waals surface area contributed by atoms with E-state index in [-0.39, 0.29) is 4.75 Å². The van der Waals surface area contributed by atoms with Crippen LogP contribution in [-0.4, -0.2) is 34.4 Å². The molecule has 1 aromatic carbocycles. The summed E-state index contributed by atoms with van der Waals surface area (Å²) in [6.45, 7) is 8.02. The van der Waals surface area contributed by atoms with E-state index in [1.54, 1.807) is 0 Å². The predicted octanol–water partition coefficient (Wildman–Crippen LogP) is 4.15. The second kappa shape index (κ2) is 6.11. The number of thioether (sulfide) groups is 1. The average Bonchev–Trinajstić information content (AvgIpc) is 2.89. The van der Waals surface area contributed by atoms with Gasteiger partial charge in [-0.1, -0.05) is 24.3 Å². The van der Waals surface area contributed by atoms with Gasteiger partial charge in [-0.2, -0.15) is 11.8 Å². The molecule has 0 bridgehead atoms. The molecule has 2 nitrogen and oxygen atoms in total. The first-order chi connectivity index (χ1) is 10.6. The second-order valence-electron chi connectivity index (χ2n) is 6.36. The van der Waals surface area contributed by atoms with Crippen LogP contribution in [0.4, 0.5) is 0 Å². The highest BCUT2D eigenvalue weighted by molar-refractivity contribution is 8.00. The zero-order chi connectivity index (χ0) is 15.7. The maximum atomic E-state index is 12.6. The molecule has 1 aromatic rings. The van der Waals surface area contributed by atoms with Crippen LogP contribution >= 0.6 is 11.8 Å². The first-order valence-electron chi connectivity index (χ1n) is 8.31. The summed E-state index contributed by atoms with van der Waals surface area (Å²) in [6.07, 6.45) is 2.80. The summed E-state index contributed by atoms with van der Waals surface area (Å²) in [5, 5.41) is 0. The number of amides is 1. The topological polar surface area (TPSA) is 20.3 Å². The highest BCUT2D eigenvalue weighted by Crippen LogP contribution is 2.51. The lowest BCUT2D eigenvalue weighted by Crippen LogP contribution is -2.38. The van der Waals surface area contributed by atoms with Crippen LogP contribution in [0.2, 0.25) is 0 Å². The van der Waals surface area contributed by atoms with Crippen molar-refractivity contribution in [1.29, 1.82) is 0 Å². The van der Waals surface area contributed by atoms with E-state index in [0.717, 1.165) is 31.7 Å². The van der Waals surface area contributed by atoms with Gasteiger partial charge in [-0.05, 0) is 61.6 Å². The standard InChI is InChI=1S/C19H25NOS/c1-4-20(5-2)18(21)13-19(3)17-12-14-8-6-7-9-15(14)16(17)10-11-22-19/h6-9H,4-5,10-13H2,1-3H3. The summed E-state index contributed by atoms with van der Waals surface area (Å²) >= 11 is 1.97. The van der Waals surface area contributed by atoms with Crippen LogP contribution in [0, 0.1) is 0 Å². The summed E-state index contributed by atoms with van der Waals surface area (Å²) in [5.41, 5.74) is 5.89. The summed E-state index contributed by atoms with van der Waals surface area (Å²) in [4.78, 5) is 14.6. The number of carbonyl (C=O) groups is 1. The molecule has 0 N–H and O–H groups in total. The van der Waals surface area contributed by atoms with E-state index in [1.807, 2.05) is 16.7 Å². The molecule has 3 heteroatoms. The Labute approximate surface area is 138 Å². The molecular weight excluding hydrogens is 290 g/mol. The van der Waals surface area contributed by atoms with Crippen LogP contribution in [0.1, 0.15) is 44.7 Å².